The normalized spacial score (nSPS) is 20.3. The van der Waals surface area contributed by atoms with E-state index in [-0.39, 0.29) is 23.2 Å². The molecule has 5 nitrogen and oxygen atoms in total. The molecule has 1 atom stereocenters. The minimum absolute atomic E-state index is 0.0458. The van der Waals surface area contributed by atoms with Crippen molar-refractivity contribution in [3.05, 3.63) is 28.8 Å². The van der Waals surface area contributed by atoms with Crippen LogP contribution in [0, 0.1) is 0 Å². The summed E-state index contributed by atoms with van der Waals surface area (Å²) < 4.78 is 16.9. The first-order chi connectivity index (χ1) is 10.6. The molecular weight excluding hydrogens is 318 g/mol. The lowest BCUT2D eigenvalue weighted by molar-refractivity contribution is -0.140. The van der Waals surface area contributed by atoms with Gasteiger partial charge in [0.25, 0.3) is 0 Å². The molecule has 0 spiro atoms. The predicted octanol–water partition coefficient (Wildman–Crippen LogP) is 3.32. The maximum absolute atomic E-state index is 11.8. The van der Waals surface area contributed by atoms with Gasteiger partial charge in [-0.3, -0.25) is 4.79 Å². The van der Waals surface area contributed by atoms with Crippen molar-refractivity contribution < 1.29 is 23.9 Å². The van der Waals surface area contributed by atoms with E-state index in [2.05, 4.69) is 0 Å². The molecule has 7 heteroatoms. The van der Waals surface area contributed by atoms with Crippen molar-refractivity contribution in [2.75, 3.05) is 7.11 Å². The van der Waals surface area contributed by atoms with E-state index in [1.165, 1.54) is 13.2 Å². The van der Waals surface area contributed by atoms with Gasteiger partial charge < -0.3 is 19.2 Å². The number of carbonyl (C=O) groups excluding carboxylic acids is 1. The smallest absolute Gasteiger partial charge is 0.466 e. The minimum Gasteiger partial charge on any atom is -0.506 e. The molecule has 1 heterocycles. The number of ether oxygens (including phenoxy) is 1. The van der Waals surface area contributed by atoms with Crippen LogP contribution < -0.4 is 0 Å². The highest BCUT2D eigenvalue weighted by Gasteiger charge is 2.54. The van der Waals surface area contributed by atoms with E-state index in [9.17, 15) is 9.90 Å². The van der Waals surface area contributed by atoms with Crippen molar-refractivity contribution in [2.45, 2.75) is 51.1 Å². The lowest BCUT2D eigenvalue weighted by atomic mass is 9.66. The third-order valence-corrected chi connectivity index (χ3v) is 4.93. The molecule has 2 rings (SSSR count). The molecule has 1 N–H and O–H groups in total. The molecule has 1 aromatic carbocycles. The first-order valence-electron chi connectivity index (χ1n) is 7.48. The second-order valence-electron chi connectivity index (χ2n) is 6.72. The van der Waals surface area contributed by atoms with Crippen LogP contribution in [0.5, 0.6) is 5.75 Å². The highest BCUT2D eigenvalue weighted by Crippen LogP contribution is 2.42. The SMILES string of the molecule is COC(=O)CC(B1OC(C)(C)C(C)(C)O1)c1ccc(Cl)c(O)c1. The third-order valence-electron chi connectivity index (χ3n) is 4.61. The van der Waals surface area contributed by atoms with Gasteiger partial charge in [0.1, 0.15) is 5.75 Å². The summed E-state index contributed by atoms with van der Waals surface area (Å²) in [6.07, 6.45) is 0.0778. The predicted molar refractivity (Wildman–Crippen MR) is 88.6 cm³/mol. The molecule has 1 saturated heterocycles. The Morgan fingerprint density at radius 3 is 2.35 bits per heavy atom. The van der Waals surface area contributed by atoms with Gasteiger partial charge in [0.15, 0.2) is 0 Å². The molecule has 1 fully saturated rings. The quantitative estimate of drug-likeness (QED) is 0.673. The number of hydrogen-bond acceptors (Lipinski definition) is 5. The zero-order valence-corrected chi connectivity index (χ0v) is 14.8. The first kappa shape index (κ1) is 18.1. The average Bonchev–Trinajstić information content (AvgIpc) is 2.67. The van der Waals surface area contributed by atoms with Crippen molar-refractivity contribution in [3.8, 4) is 5.75 Å². The topological polar surface area (TPSA) is 65.0 Å². The number of carbonyl (C=O) groups is 1. The van der Waals surface area contributed by atoms with Gasteiger partial charge in [0.05, 0.1) is 29.8 Å². The maximum atomic E-state index is 11.8. The van der Waals surface area contributed by atoms with E-state index < -0.39 is 24.1 Å². The molecule has 23 heavy (non-hydrogen) atoms. The van der Waals surface area contributed by atoms with E-state index in [0.717, 1.165) is 0 Å². The third kappa shape index (κ3) is 3.65. The minimum atomic E-state index is -0.625. The van der Waals surface area contributed by atoms with Gasteiger partial charge in [-0.15, -0.1) is 0 Å². The van der Waals surface area contributed by atoms with Crippen LogP contribution in [-0.2, 0) is 18.8 Å². The van der Waals surface area contributed by atoms with Gasteiger partial charge >= 0.3 is 13.1 Å². The van der Waals surface area contributed by atoms with Crippen LogP contribution in [0.2, 0.25) is 5.02 Å². The Bertz CT molecular complexity index is 586. The second-order valence-corrected chi connectivity index (χ2v) is 7.13. The lowest BCUT2D eigenvalue weighted by Gasteiger charge is -2.32. The molecular formula is C16H22BClO5. The Kier molecular flexibility index (Phi) is 4.99. The largest absolute Gasteiger partial charge is 0.506 e. The number of halogens is 1. The van der Waals surface area contributed by atoms with Crippen molar-refractivity contribution >= 4 is 24.7 Å². The summed E-state index contributed by atoms with van der Waals surface area (Å²) in [6, 6.07) is 4.86. The summed E-state index contributed by atoms with van der Waals surface area (Å²) in [4.78, 5) is 11.8. The highest BCUT2D eigenvalue weighted by atomic mass is 35.5. The van der Waals surface area contributed by atoms with Crippen LogP contribution in [0.25, 0.3) is 0 Å². The van der Waals surface area contributed by atoms with E-state index in [1.807, 2.05) is 27.7 Å². The summed E-state index contributed by atoms with van der Waals surface area (Å²) in [5.74, 6) is -0.832. The highest BCUT2D eigenvalue weighted by molar-refractivity contribution is 6.48. The van der Waals surface area contributed by atoms with Crippen LogP contribution in [0.4, 0.5) is 0 Å². The Hall–Kier alpha value is -1.24. The summed E-state index contributed by atoms with van der Waals surface area (Å²) in [5.41, 5.74) is -0.322. The molecule has 1 aromatic rings. The summed E-state index contributed by atoms with van der Waals surface area (Å²) in [6.45, 7) is 7.78. The fourth-order valence-electron chi connectivity index (χ4n) is 2.45. The Balaban J connectivity index is 2.35. The monoisotopic (exact) mass is 340 g/mol. The van der Waals surface area contributed by atoms with Crippen LogP contribution in [-0.4, -0.2) is 36.5 Å². The number of rotatable bonds is 4. The molecule has 1 aliphatic heterocycles. The summed E-state index contributed by atoms with van der Waals surface area (Å²) in [7, 11) is 0.711. The van der Waals surface area contributed by atoms with Gasteiger partial charge in [-0.25, -0.2) is 0 Å². The molecule has 126 valence electrons. The van der Waals surface area contributed by atoms with Crippen LogP contribution in [0.3, 0.4) is 0 Å². The van der Waals surface area contributed by atoms with Gasteiger partial charge in [-0.2, -0.15) is 0 Å². The molecule has 0 amide bonds. The maximum Gasteiger partial charge on any atom is 0.466 e. The van der Waals surface area contributed by atoms with Crippen molar-refractivity contribution in [2.24, 2.45) is 0 Å². The number of benzene rings is 1. The van der Waals surface area contributed by atoms with Gasteiger partial charge in [0.2, 0.25) is 0 Å². The zero-order valence-electron chi connectivity index (χ0n) is 14.1. The van der Waals surface area contributed by atoms with Gasteiger partial charge in [0, 0.05) is 5.82 Å². The van der Waals surface area contributed by atoms with Crippen molar-refractivity contribution in [3.63, 3.8) is 0 Å². The number of hydrogen-bond donors (Lipinski definition) is 1. The number of phenols is 1. The molecule has 0 radical (unpaired) electrons. The fourth-order valence-corrected chi connectivity index (χ4v) is 2.56. The lowest BCUT2D eigenvalue weighted by Crippen LogP contribution is -2.41. The number of aromatic hydroxyl groups is 1. The number of phenolic OH excluding ortho intramolecular Hbond substituents is 1. The molecule has 0 bridgehead atoms. The summed E-state index contributed by atoms with van der Waals surface area (Å²) >= 11 is 5.86. The van der Waals surface area contributed by atoms with Crippen LogP contribution >= 0.6 is 11.6 Å². The second kappa shape index (κ2) is 6.34. The van der Waals surface area contributed by atoms with E-state index in [1.54, 1.807) is 12.1 Å². The number of esters is 1. The van der Waals surface area contributed by atoms with E-state index >= 15 is 0 Å². The first-order valence-corrected chi connectivity index (χ1v) is 7.86. The van der Waals surface area contributed by atoms with Crippen LogP contribution in [0.1, 0.15) is 45.5 Å². The molecule has 1 unspecified atom stereocenters. The molecule has 0 aliphatic carbocycles. The Labute approximate surface area is 142 Å². The molecule has 1 aliphatic rings. The average molecular weight is 341 g/mol. The van der Waals surface area contributed by atoms with Crippen LogP contribution in [0.15, 0.2) is 18.2 Å². The molecule has 0 aromatic heterocycles. The summed E-state index contributed by atoms with van der Waals surface area (Å²) in [5, 5.41) is 10.1. The Morgan fingerprint density at radius 2 is 1.87 bits per heavy atom. The fraction of sp³-hybridized carbons (Fsp3) is 0.562. The molecule has 0 saturated carbocycles. The zero-order chi connectivity index (χ0) is 17.4. The van der Waals surface area contributed by atoms with E-state index in [4.69, 9.17) is 25.6 Å². The van der Waals surface area contributed by atoms with E-state index in [0.29, 0.717) is 5.56 Å². The standard InChI is InChI=1S/C16H22BClO5/c1-15(2)16(3,4)23-17(22-15)11(9-14(20)21-5)10-6-7-12(18)13(19)8-10/h6-8,11,19H,9H2,1-5H3. The Morgan fingerprint density at radius 1 is 1.30 bits per heavy atom. The van der Waals surface area contributed by atoms with Crippen molar-refractivity contribution in [1.82, 2.24) is 0 Å². The van der Waals surface area contributed by atoms with Crippen molar-refractivity contribution in [1.29, 1.82) is 0 Å². The van der Waals surface area contributed by atoms with Gasteiger partial charge in [-0.05, 0) is 45.4 Å². The number of methoxy groups -OCH3 is 1. The van der Waals surface area contributed by atoms with Gasteiger partial charge in [-0.1, -0.05) is 17.7 Å².